The Morgan fingerprint density at radius 1 is 0.613 bits per heavy atom. The molecule has 3 aromatic rings. The van der Waals surface area contributed by atoms with Crippen LogP contribution >= 0.6 is 0 Å². The van der Waals surface area contributed by atoms with Crippen molar-refractivity contribution in [3.05, 3.63) is 93.5 Å². The Balaban J connectivity index is 2.40. The van der Waals surface area contributed by atoms with E-state index in [0.717, 1.165) is 38.9 Å². The molecule has 31 heavy (non-hydrogen) atoms. The quantitative estimate of drug-likeness (QED) is 0.434. The highest BCUT2D eigenvalue weighted by atomic mass is 16.3. The monoisotopic (exact) mass is 416 g/mol. The summed E-state index contributed by atoms with van der Waals surface area (Å²) in [5.41, 5.74) is 6.36. The van der Waals surface area contributed by atoms with E-state index in [2.05, 4.69) is 91.8 Å². The van der Waals surface area contributed by atoms with Crippen molar-refractivity contribution in [3.63, 3.8) is 0 Å². The first kappa shape index (κ1) is 22.9. The summed E-state index contributed by atoms with van der Waals surface area (Å²) in [6.45, 7) is 16.8. The first-order chi connectivity index (χ1) is 14.3. The summed E-state index contributed by atoms with van der Waals surface area (Å²) < 4.78 is 0. The summed E-state index contributed by atoms with van der Waals surface area (Å²) in [5.74, 6) is 0.346. The molecule has 0 heterocycles. The average Bonchev–Trinajstić information content (AvgIpc) is 2.66. The summed E-state index contributed by atoms with van der Waals surface area (Å²) in [7, 11) is 0. The molecule has 0 saturated heterocycles. The Morgan fingerprint density at radius 2 is 1.00 bits per heavy atom. The molecule has 0 aliphatic heterocycles. The van der Waals surface area contributed by atoms with E-state index in [9.17, 15) is 10.2 Å². The van der Waals surface area contributed by atoms with Gasteiger partial charge in [0.15, 0.2) is 0 Å². The lowest BCUT2D eigenvalue weighted by atomic mass is 9.76. The molecule has 3 rings (SSSR count). The third kappa shape index (κ3) is 4.63. The second kappa shape index (κ2) is 8.07. The Morgan fingerprint density at radius 3 is 1.35 bits per heavy atom. The highest BCUT2D eigenvalue weighted by molar-refractivity contribution is 5.59. The van der Waals surface area contributed by atoms with Gasteiger partial charge in [-0.05, 0) is 41.4 Å². The Bertz CT molecular complexity index is 1010. The number of hydrogen-bond donors (Lipinski definition) is 2. The SMILES string of the molecule is Cc1cc(C(c2ccccc2)c2cc(C)cc(C(C)(C)C)c2O)c(O)c(C(C)(C)C)c1. The van der Waals surface area contributed by atoms with E-state index in [0.29, 0.717) is 11.5 Å². The van der Waals surface area contributed by atoms with E-state index in [1.807, 2.05) is 18.2 Å². The third-order valence-electron chi connectivity index (χ3n) is 5.94. The van der Waals surface area contributed by atoms with Crippen LogP contribution in [0.5, 0.6) is 11.5 Å². The number of aromatic hydroxyl groups is 2. The van der Waals surface area contributed by atoms with Crippen molar-refractivity contribution in [2.24, 2.45) is 0 Å². The lowest BCUT2D eigenvalue weighted by Crippen LogP contribution is -2.16. The lowest BCUT2D eigenvalue weighted by Gasteiger charge is -2.29. The Hall–Kier alpha value is -2.74. The predicted molar refractivity (Wildman–Crippen MR) is 130 cm³/mol. The molecule has 0 aliphatic rings. The Labute approximate surface area is 187 Å². The largest absolute Gasteiger partial charge is 0.507 e. The average molecular weight is 417 g/mol. The maximum absolute atomic E-state index is 11.4. The van der Waals surface area contributed by atoms with E-state index in [-0.39, 0.29) is 16.7 Å². The maximum atomic E-state index is 11.4. The van der Waals surface area contributed by atoms with Crippen LogP contribution in [-0.4, -0.2) is 10.2 Å². The van der Waals surface area contributed by atoms with Crippen LogP contribution in [0.25, 0.3) is 0 Å². The zero-order valence-corrected chi connectivity index (χ0v) is 20.2. The normalized spacial score (nSPS) is 12.4. The number of phenols is 2. The second-order valence-corrected chi connectivity index (χ2v) is 10.8. The highest BCUT2D eigenvalue weighted by Gasteiger charge is 2.30. The molecular formula is C29H36O2. The number of benzene rings is 3. The van der Waals surface area contributed by atoms with Crippen LogP contribution < -0.4 is 0 Å². The third-order valence-corrected chi connectivity index (χ3v) is 5.94. The van der Waals surface area contributed by atoms with Crippen molar-refractivity contribution in [1.82, 2.24) is 0 Å². The van der Waals surface area contributed by atoms with Gasteiger partial charge in [0.25, 0.3) is 0 Å². The van der Waals surface area contributed by atoms with E-state index < -0.39 is 0 Å². The molecule has 0 saturated carbocycles. The van der Waals surface area contributed by atoms with Crippen LogP contribution in [0.3, 0.4) is 0 Å². The van der Waals surface area contributed by atoms with E-state index in [4.69, 9.17) is 0 Å². The molecule has 0 spiro atoms. The molecule has 164 valence electrons. The van der Waals surface area contributed by atoms with Crippen molar-refractivity contribution in [1.29, 1.82) is 0 Å². The van der Waals surface area contributed by atoms with Crippen LogP contribution in [0.1, 0.15) is 86.4 Å². The number of rotatable bonds is 3. The Kier molecular flexibility index (Phi) is 5.97. The fraction of sp³-hybridized carbons (Fsp3) is 0.379. The molecule has 0 fully saturated rings. The molecule has 0 radical (unpaired) electrons. The van der Waals surface area contributed by atoms with Gasteiger partial charge in [-0.2, -0.15) is 0 Å². The van der Waals surface area contributed by atoms with Gasteiger partial charge in [-0.25, -0.2) is 0 Å². The summed E-state index contributed by atoms with van der Waals surface area (Å²) in [6, 6.07) is 18.4. The van der Waals surface area contributed by atoms with Crippen LogP contribution in [0.4, 0.5) is 0 Å². The molecule has 0 atom stereocenters. The highest BCUT2D eigenvalue weighted by Crippen LogP contribution is 2.47. The molecule has 2 heteroatoms. The van der Waals surface area contributed by atoms with Crippen molar-refractivity contribution < 1.29 is 10.2 Å². The molecule has 0 unspecified atom stereocenters. The smallest absolute Gasteiger partial charge is 0.123 e. The minimum atomic E-state index is -0.275. The minimum absolute atomic E-state index is 0.197. The van der Waals surface area contributed by atoms with Crippen molar-refractivity contribution in [2.45, 2.75) is 72.1 Å². The summed E-state index contributed by atoms with van der Waals surface area (Å²) in [6.07, 6.45) is 0. The fourth-order valence-corrected chi connectivity index (χ4v) is 4.37. The van der Waals surface area contributed by atoms with Crippen molar-refractivity contribution in [3.8, 4) is 11.5 Å². The van der Waals surface area contributed by atoms with Gasteiger partial charge in [-0.3, -0.25) is 0 Å². The van der Waals surface area contributed by atoms with Crippen LogP contribution in [-0.2, 0) is 10.8 Å². The maximum Gasteiger partial charge on any atom is 0.123 e. The van der Waals surface area contributed by atoms with Crippen LogP contribution in [0, 0.1) is 13.8 Å². The van der Waals surface area contributed by atoms with E-state index in [1.54, 1.807) is 0 Å². The molecular weight excluding hydrogens is 380 g/mol. The van der Waals surface area contributed by atoms with Gasteiger partial charge in [0, 0.05) is 17.0 Å². The van der Waals surface area contributed by atoms with Crippen molar-refractivity contribution >= 4 is 0 Å². The standard InChI is InChI=1S/C29H36O2/c1-18-14-21(26(30)23(16-18)28(3,4)5)25(20-12-10-9-11-13-20)22-15-19(2)17-24(27(22)31)29(6,7)8/h9-17,25,30-31H,1-8H3. The molecule has 2 N–H and O–H groups in total. The first-order valence-corrected chi connectivity index (χ1v) is 11.0. The van der Waals surface area contributed by atoms with Crippen molar-refractivity contribution in [2.75, 3.05) is 0 Å². The van der Waals surface area contributed by atoms with Crippen LogP contribution in [0.2, 0.25) is 0 Å². The number of hydrogen-bond acceptors (Lipinski definition) is 2. The lowest BCUT2D eigenvalue weighted by molar-refractivity contribution is 0.431. The second-order valence-electron chi connectivity index (χ2n) is 10.8. The van der Waals surface area contributed by atoms with E-state index >= 15 is 0 Å². The van der Waals surface area contributed by atoms with Gasteiger partial charge in [-0.1, -0.05) is 107 Å². The summed E-state index contributed by atoms with van der Waals surface area (Å²) in [5, 5.41) is 22.9. The molecule has 3 aromatic carbocycles. The minimum Gasteiger partial charge on any atom is -0.507 e. The fourth-order valence-electron chi connectivity index (χ4n) is 4.37. The molecule has 0 aromatic heterocycles. The topological polar surface area (TPSA) is 40.5 Å². The molecule has 0 bridgehead atoms. The number of phenolic OH excluding ortho intramolecular Hbond substituents is 2. The molecule has 2 nitrogen and oxygen atoms in total. The van der Waals surface area contributed by atoms with Gasteiger partial charge in [0.2, 0.25) is 0 Å². The summed E-state index contributed by atoms with van der Waals surface area (Å²) in [4.78, 5) is 0. The van der Waals surface area contributed by atoms with Gasteiger partial charge in [-0.15, -0.1) is 0 Å². The van der Waals surface area contributed by atoms with E-state index in [1.165, 1.54) is 0 Å². The molecule has 0 amide bonds. The zero-order valence-electron chi connectivity index (χ0n) is 20.2. The predicted octanol–water partition coefficient (Wildman–Crippen LogP) is 7.49. The van der Waals surface area contributed by atoms with Crippen LogP contribution in [0.15, 0.2) is 54.6 Å². The summed E-state index contributed by atoms with van der Waals surface area (Å²) >= 11 is 0. The molecule has 0 aliphatic carbocycles. The van der Waals surface area contributed by atoms with Gasteiger partial charge in [0.05, 0.1) is 0 Å². The zero-order chi connectivity index (χ0) is 23.1. The van der Waals surface area contributed by atoms with Gasteiger partial charge in [0.1, 0.15) is 11.5 Å². The first-order valence-electron chi connectivity index (χ1n) is 11.0. The van der Waals surface area contributed by atoms with Gasteiger partial charge < -0.3 is 10.2 Å². The van der Waals surface area contributed by atoms with Gasteiger partial charge >= 0.3 is 0 Å². The number of aryl methyl sites for hydroxylation is 2.